The number of carbonyl (C=O) groups is 6. The van der Waals surface area contributed by atoms with Gasteiger partial charge in [-0.15, -0.1) is 0 Å². The minimum absolute atomic E-state index is 0.0556. The lowest BCUT2D eigenvalue weighted by Gasteiger charge is -2.32. The largest absolute Gasteiger partial charge is 0.457 e. The first-order valence-corrected chi connectivity index (χ1v) is 29.6. The summed E-state index contributed by atoms with van der Waals surface area (Å²) in [7, 11) is 0. The van der Waals surface area contributed by atoms with Crippen LogP contribution in [-0.4, -0.2) is 56.8 Å². The van der Waals surface area contributed by atoms with Crippen molar-refractivity contribution in [1.82, 2.24) is 9.80 Å². The van der Waals surface area contributed by atoms with Crippen LogP contribution in [-0.2, 0) is 31.1 Å². The smallest absolute Gasteiger partial charge is 0.424 e. The Morgan fingerprint density at radius 2 is 0.477 bits per heavy atom. The lowest BCUT2D eigenvalue weighted by atomic mass is 9.80. The molecule has 0 saturated carbocycles. The molecule has 6 amide bonds. The number of amides is 6. The Balaban J connectivity index is 1.37. The zero-order chi connectivity index (χ0) is 63.9. The van der Waals surface area contributed by atoms with E-state index in [0.29, 0.717) is 32.8 Å². The monoisotopic (exact) mass is 1180 g/mol. The first-order chi connectivity index (χ1) is 40.9. The Hall–Kier alpha value is -9.30. The molecule has 0 aromatic heterocycles. The normalized spacial score (nSPS) is 14.2. The van der Waals surface area contributed by atoms with Gasteiger partial charge in [0.1, 0.15) is 57.2 Å². The molecule has 0 radical (unpaired) electrons. The van der Waals surface area contributed by atoms with Gasteiger partial charge in [0, 0.05) is 43.1 Å². The maximum absolute atomic E-state index is 15.5. The quantitative estimate of drug-likeness (QED) is 0.0804. The maximum atomic E-state index is 15.5. The summed E-state index contributed by atoms with van der Waals surface area (Å²) in [5, 5.41) is 1.84. The van der Waals surface area contributed by atoms with Gasteiger partial charge in [-0.25, -0.2) is 9.59 Å². The molecule has 2 aliphatic heterocycles. The fourth-order valence-corrected chi connectivity index (χ4v) is 11.4. The van der Waals surface area contributed by atoms with Crippen LogP contribution < -0.4 is 18.9 Å². The van der Waals surface area contributed by atoms with Crippen LogP contribution in [0.25, 0.3) is 43.1 Å². The highest BCUT2D eigenvalue weighted by atomic mass is 16.6. The number of hydrogen-bond donors (Lipinski definition) is 0. The van der Waals surface area contributed by atoms with Crippen LogP contribution in [0.15, 0.2) is 121 Å². The minimum Gasteiger partial charge on any atom is -0.457 e. The van der Waals surface area contributed by atoms with Crippen molar-refractivity contribution in [2.24, 2.45) is 0 Å². The van der Waals surface area contributed by atoms with E-state index in [4.69, 9.17) is 28.4 Å². The van der Waals surface area contributed by atoms with Crippen molar-refractivity contribution in [1.29, 1.82) is 0 Å². The van der Waals surface area contributed by atoms with E-state index >= 15 is 19.2 Å². The predicted octanol–water partition coefficient (Wildman–Crippen LogP) is 19.2. The topological polar surface area (TPSA) is 164 Å². The molecule has 452 valence electrons. The molecule has 0 N–H and O–H groups in total. The summed E-state index contributed by atoms with van der Waals surface area (Å²) >= 11 is 0. The van der Waals surface area contributed by atoms with E-state index < -0.39 is 47.0 Å². The van der Waals surface area contributed by atoms with Gasteiger partial charge in [0.2, 0.25) is 0 Å². The maximum Gasteiger partial charge on any atom is 0.424 e. The Morgan fingerprint density at radius 3 is 0.648 bits per heavy atom. The molecule has 0 aliphatic carbocycles. The number of rotatable bonds is 8. The fraction of sp³-hybridized carbons (Fsp3) is 0.324. The second kappa shape index (κ2) is 20.7. The third-order valence-electron chi connectivity index (χ3n) is 15.8. The first kappa shape index (κ1) is 60.4. The zero-order valence-corrected chi connectivity index (χ0v) is 53.3. The molecule has 2 heterocycles. The van der Waals surface area contributed by atoms with Crippen molar-refractivity contribution < 1.29 is 57.2 Å². The van der Waals surface area contributed by atoms with E-state index in [1.165, 1.54) is 24.3 Å². The van der Waals surface area contributed by atoms with Gasteiger partial charge in [-0.3, -0.25) is 19.2 Å². The summed E-state index contributed by atoms with van der Waals surface area (Å²) in [5.41, 5.74) is 0.496. The van der Waals surface area contributed by atoms with E-state index in [1.807, 2.05) is 97.1 Å². The van der Waals surface area contributed by atoms with Crippen LogP contribution in [0.3, 0.4) is 0 Å². The van der Waals surface area contributed by atoms with Crippen molar-refractivity contribution in [3.05, 3.63) is 166 Å². The van der Waals surface area contributed by atoms with Gasteiger partial charge in [-0.2, -0.15) is 9.80 Å². The highest BCUT2D eigenvalue weighted by molar-refractivity contribution is 6.46. The Kier molecular flexibility index (Phi) is 14.2. The van der Waals surface area contributed by atoms with Gasteiger partial charge in [0.15, 0.2) is 0 Å². The number of hydrogen-bond acceptors (Lipinski definition) is 12. The van der Waals surface area contributed by atoms with Crippen LogP contribution in [0.5, 0.6) is 46.0 Å². The van der Waals surface area contributed by atoms with E-state index in [2.05, 4.69) is 83.1 Å². The van der Waals surface area contributed by atoms with E-state index in [0.717, 1.165) is 22.3 Å². The van der Waals surface area contributed by atoms with Crippen molar-refractivity contribution in [2.45, 2.75) is 157 Å². The van der Waals surface area contributed by atoms with Crippen LogP contribution >= 0.6 is 0 Å². The number of benzene rings is 9. The molecule has 0 bridgehead atoms. The molecule has 88 heavy (non-hydrogen) atoms. The molecule has 14 nitrogen and oxygen atoms in total. The van der Waals surface area contributed by atoms with Gasteiger partial charge in [0.05, 0.1) is 22.3 Å². The average molecular weight is 1180 g/mol. The van der Waals surface area contributed by atoms with Crippen molar-refractivity contribution in [2.75, 3.05) is 0 Å². The molecule has 9 aromatic carbocycles. The lowest BCUT2D eigenvalue weighted by molar-refractivity contribution is 0.0209. The van der Waals surface area contributed by atoms with E-state index in [9.17, 15) is 9.59 Å². The summed E-state index contributed by atoms with van der Waals surface area (Å²) in [6.07, 6.45) is -2.38. The summed E-state index contributed by atoms with van der Waals surface area (Å²) in [4.78, 5) is 91.8. The number of carbonyl (C=O) groups excluding carboxylic acids is 6. The number of imide groups is 6. The fourth-order valence-electron chi connectivity index (χ4n) is 11.4. The lowest BCUT2D eigenvalue weighted by Crippen LogP contribution is -2.47. The van der Waals surface area contributed by atoms with Gasteiger partial charge in [-0.05, 0) is 158 Å². The highest BCUT2D eigenvalue weighted by Gasteiger charge is 2.46. The number of ether oxygens (including phenoxy) is 6. The minimum atomic E-state index is -1.19. The molecule has 0 unspecified atom stereocenters. The average Bonchev–Trinajstić information content (AvgIpc) is 0.681. The molecular formula is C74H74N2O12. The summed E-state index contributed by atoms with van der Waals surface area (Å²) in [6, 6.07) is 36.1. The molecule has 11 rings (SSSR count). The molecule has 0 spiro atoms. The van der Waals surface area contributed by atoms with Gasteiger partial charge < -0.3 is 28.4 Å². The molecule has 14 heteroatoms. The third-order valence-corrected chi connectivity index (χ3v) is 15.8. The molecule has 0 atom stereocenters. The zero-order valence-electron chi connectivity index (χ0n) is 53.3. The molecule has 0 fully saturated rings. The second-order valence-corrected chi connectivity index (χ2v) is 29.0. The number of fused-ring (bicyclic) bond motifs is 2. The van der Waals surface area contributed by atoms with Gasteiger partial charge in [-0.1, -0.05) is 132 Å². The Labute approximate surface area is 512 Å². The SMILES string of the molecule is CC(C)(C)OC(=O)N1C(=O)c2cc(Oc3ccc(C(C)(C)C)cc3)c3c4c(Oc5ccc(C(C)(C)C)cc5)cc5c6c(cc(Oc7ccc(C(C)(C)C)cc7)c(c7c(Oc8ccc(C(C)(C)C)cc8)cc(c2c37)C1=O)c64)C(=O)N(C(=O)OC(C)(C)C)C5=O. The summed E-state index contributed by atoms with van der Waals surface area (Å²) in [5.74, 6) is -2.31. The molecule has 9 aromatic rings. The van der Waals surface area contributed by atoms with Crippen LogP contribution in [0.2, 0.25) is 0 Å². The van der Waals surface area contributed by atoms with Gasteiger partial charge in [0.25, 0.3) is 23.6 Å². The molecule has 2 aliphatic rings. The Bertz CT molecular complexity index is 3870. The van der Waals surface area contributed by atoms with Crippen molar-refractivity contribution in [3.8, 4) is 46.0 Å². The highest BCUT2D eigenvalue weighted by Crippen LogP contribution is 2.58. The van der Waals surface area contributed by atoms with Crippen molar-refractivity contribution >= 4 is 78.9 Å². The van der Waals surface area contributed by atoms with Gasteiger partial charge >= 0.3 is 12.2 Å². The predicted molar refractivity (Wildman–Crippen MR) is 342 cm³/mol. The first-order valence-electron chi connectivity index (χ1n) is 29.6. The molecule has 0 saturated heterocycles. The summed E-state index contributed by atoms with van der Waals surface area (Å²) in [6.45, 7) is 35.0. The van der Waals surface area contributed by atoms with E-state index in [-0.39, 0.29) is 110 Å². The van der Waals surface area contributed by atoms with E-state index in [1.54, 1.807) is 41.5 Å². The summed E-state index contributed by atoms with van der Waals surface area (Å²) < 4.78 is 40.1. The van der Waals surface area contributed by atoms with Crippen molar-refractivity contribution in [3.63, 3.8) is 0 Å². The van der Waals surface area contributed by atoms with Crippen LogP contribution in [0.1, 0.15) is 188 Å². The second-order valence-electron chi connectivity index (χ2n) is 29.0. The standard InChI is InChI=1S/C74H74N2O12/c1-69(2,3)39-19-27-43(28-20-39)83-51-35-47-55-48(64(78)75(63(47)77)67(81)87-73(13,14)15)37-53(85-45-31-23-41(24-32-45)71(7,8)9)59-60-54(86-46-33-25-42(26-34-46)72(10,11)12)38-50-56-49(65(79)76(66(50)80)68(82)88-74(16,17)18)36-52(58(62(56)60)57(51)61(55)59)84-44-29-21-40(22-30-44)70(4,5)6/h19-38H,1-18H3. The van der Waals surface area contributed by atoms with Crippen LogP contribution in [0.4, 0.5) is 9.59 Å². The van der Waals surface area contributed by atoms with Crippen LogP contribution in [0, 0.1) is 0 Å². The Morgan fingerprint density at radius 1 is 0.284 bits per heavy atom. The third kappa shape index (κ3) is 10.9. The number of nitrogens with zero attached hydrogens (tertiary/aromatic N) is 2. The molecular weight excluding hydrogens is 1110 g/mol.